The number of hydrogen-bond donors (Lipinski definition) is 2. The van der Waals surface area contributed by atoms with Gasteiger partial charge in [-0.05, 0) is 67.4 Å². The average Bonchev–Trinajstić information content (AvgIpc) is 3.04. The highest BCUT2D eigenvalue weighted by Crippen LogP contribution is 2.29. The summed E-state index contributed by atoms with van der Waals surface area (Å²) in [7, 11) is 0. The molecule has 0 spiro atoms. The first-order valence-electron chi connectivity index (χ1n) is 8.90. The molecular weight excluding hydrogens is 355 g/mol. The van der Waals surface area contributed by atoms with E-state index in [4.69, 9.17) is 0 Å². The Labute approximate surface area is 161 Å². The number of benzene rings is 2. The van der Waals surface area contributed by atoms with Crippen LogP contribution < -0.4 is 10.6 Å². The van der Waals surface area contributed by atoms with Crippen LogP contribution in [0.25, 0.3) is 16.9 Å². The van der Waals surface area contributed by atoms with Crippen molar-refractivity contribution in [3.05, 3.63) is 83.8 Å². The number of amides is 2. The zero-order valence-corrected chi connectivity index (χ0v) is 15.5. The summed E-state index contributed by atoms with van der Waals surface area (Å²) in [6, 6.07) is 17.0. The fourth-order valence-corrected chi connectivity index (χ4v) is 3.07. The van der Waals surface area contributed by atoms with Gasteiger partial charge in [0.15, 0.2) is 0 Å². The van der Waals surface area contributed by atoms with Gasteiger partial charge in [-0.25, -0.2) is 14.2 Å². The lowest BCUT2D eigenvalue weighted by Crippen LogP contribution is -2.21. The third-order valence-electron chi connectivity index (χ3n) is 4.73. The molecule has 28 heavy (non-hydrogen) atoms. The van der Waals surface area contributed by atoms with Crippen molar-refractivity contribution < 1.29 is 9.18 Å². The maximum absolute atomic E-state index is 13.3. The lowest BCUT2D eigenvalue weighted by molar-refractivity contribution is 0.262. The highest BCUT2D eigenvalue weighted by Gasteiger charge is 2.17. The molecule has 2 N–H and O–H groups in total. The van der Waals surface area contributed by atoms with Crippen LogP contribution in [0, 0.1) is 19.7 Å². The van der Waals surface area contributed by atoms with Crippen molar-refractivity contribution in [3.63, 3.8) is 0 Å². The zero-order chi connectivity index (χ0) is 19.7. The van der Waals surface area contributed by atoms with Gasteiger partial charge in [0.25, 0.3) is 0 Å². The van der Waals surface area contributed by atoms with Gasteiger partial charge >= 0.3 is 6.03 Å². The quantitative estimate of drug-likeness (QED) is 0.504. The number of pyridine rings is 1. The van der Waals surface area contributed by atoms with Gasteiger partial charge in [0.2, 0.25) is 0 Å². The van der Waals surface area contributed by atoms with Crippen molar-refractivity contribution in [2.75, 3.05) is 10.6 Å². The lowest BCUT2D eigenvalue weighted by atomic mass is 10.1. The number of halogens is 1. The number of aromatic nitrogens is 2. The van der Waals surface area contributed by atoms with Crippen LogP contribution in [-0.4, -0.2) is 15.4 Å². The van der Waals surface area contributed by atoms with Gasteiger partial charge in [-0.15, -0.1) is 0 Å². The number of fused-ring (bicyclic) bond motifs is 1. The Morgan fingerprint density at radius 2 is 1.75 bits per heavy atom. The number of imidazole rings is 1. The minimum absolute atomic E-state index is 0.324. The molecule has 0 unspecified atom stereocenters. The number of aryl methyl sites for hydroxylation is 1. The third kappa shape index (κ3) is 3.32. The van der Waals surface area contributed by atoms with Gasteiger partial charge < -0.3 is 5.32 Å². The summed E-state index contributed by atoms with van der Waals surface area (Å²) in [5, 5.41) is 5.79. The molecule has 0 saturated heterocycles. The van der Waals surface area contributed by atoms with Crippen LogP contribution in [0.5, 0.6) is 0 Å². The molecule has 4 aromatic rings. The predicted octanol–water partition coefficient (Wildman–Crippen LogP) is 5.40. The van der Waals surface area contributed by atoms with Crippen LogP contribution in [0.3, 0.4) is 0 Å². The number of nitrogens with zero attached hydrogens (tertiary/aromatic N) is 2. The van der Waals surface area contributed by atoms with Crippen LogP contribution in [0.15, 0.2) is 66.9 Å². The fourth-order valence-electron chi connectivity index (χ4n) is 3.07. The van der Waals surface area contributed by atoms with E-state index in [0.717, 1.165) is 16.8 Å². The minimum atomic E-state index is -0.372. The lowest BCUT2D eigenvalue weighted by Gasteiger charge is -2.12. The summed E-state index contributed by atoms with van der Waals surface area (Å²) in [6.07, 6.45) is 1.82. The largest absolute Gasteiger partial charge is 0.324 e. The number of carbonyl (C=O) groups excluding carboxylic acids is 1. The maximum atomic E-state index is 13.3. The molecule has 0 radical (unpaired) electrons. The van der Waals surface area contributed by atoms with E-state index in [1.54, 1.807) is 16.5 Å². The topological polar surface area (TPSA) is 58.4 Å². The number of rotatable bonds is 3. The van der Waals surface area contributed by atoms with E-state index in [2.05, 4.69) is 15.6 Å². The minimum Gasteiger partial charge on any atom is -0.307 e. The van der Waals surface area contributed by atoms with Crippen molar-refractivity contribution in [2.24, 2.45) is 0 Å². The van der Waals surface area contributed by atoms with E-state index in [0.29, 0.717) is 22.7 Å². The second-order valence-corrected chi connectivity index (χ2v) is 6.57. The molecule has 140 valence electrons. The summed E-state index contributed by atoms with van der Waals surface area (Å²) < 4.78 is 15.1. The molecule has 6 heteroatoms. The van der Waals surface area contributed by atoms with E-state index in [1.807, 2.05) is 56.4 Å². The van der Waals surface area contributed by atoms with E-state index in [-0.39, 0.29) is 11.8 Å². The molecule has 0 aliphatic heterocycles. The number of carbonyl (C=O) groups is 1. The van der Waals surface area contributed by atoms with Gasteiger partial charge in [0.05, 0.1) is 0 Å². The molecule has 0 atom stereocenters. The molecule has 0 bridgehead atoms. The summed E-state index contributed by atoms with van der Waals surface area (Å²) >= 11 is 0. The Morgan fingerprint density at radius 3 is 2.54 bits per heavy atom. The molecule has 0 saturated carbocycles. The summed E-state index contributed by atoms with van der Waals surface area (Å²) in [4.78, 5) is 17.3. The van der Waals surface area contributed by atoms with E-state index >= 15 is 0 Å². The first-order valence-corrected chi connectivity index (χ1v) is 8.90. The second-order valence-electron chi connectivity index (χ2n) is 6.57. The average molecular weight is 374 g/mol. The molecule has 2 aromatic carbocycles. The first kappa shape index (κ1) is 17.7. The summed E-state index contributed by atoms with van der Waals surface area (Å²) in [5.74, 6) is 0.194. The monoisotopic (exact) mass is 374 g/mol. The first-order chi connectivity index (χ1) is 13.5. The van der Waals surface area contributed by atoms with E-state index in [9.17, 15) is 9.18 Å². The Hall–Kier alpha value is -3.67. The van der Waals surface area contributed by atoms with Crippen LogP contribution in [-0.2, 0) is 0 Å². The fraction of sp³-hybridized carbons (Fsp3) is 0.0909. The number of anilines is 2. The van der Waals surface area contributed by atoms with Crippen molar-refractivity contribution >= 4 is 23.2 Å². The van der Waals surface area contributed by atoms with Gasteiger partial charge in [-0.2, -0.15) is 0 Å². The number of urea groups is 1. The molecule has 2 heterocycles. The molecule has 0 fully saturated rings. The van der Waals surface area contributed by atoms with Crippen molar-refractivity contribution in [1.82, 2.24) is 9.38 Å². The number of nitrogens with one attached hydrogen (secondary N) is 2. The molecule has 0 aliphatic rings. The maximum Gasteiger partial charge on any atom is 0.324 e. The standard InChI is InChI=1S/C22H19FN4O/c1-14-6-5-7-18(15(14)2)24-22(28)26-21-20(16-9-11-17(23)12-10-16)25-19-8-3-4-13-27(19)21/h3-13H,1-2H3,(H2,24,26,28). The summed E-state index contributed by atoms with van der Waals surface area (Å²) in [5.41, 5.74) is 4.82. The van der Waals surface area contributed by atoms with Crippen LogP contribution >= 0.6 is 0 Å². The van der Waals surface area contributed by atoms with Crippen molar-refractivity contribution in [3.8, 4) is 11.3 Å². The molecule has 0 aliphatic carbocycles. The Morgan fingerprint density at radius 1 is 0.964 bits per heavy atom. The molecule has 5 nitrogen and oxygen atoms in total. The van der Waals surface area contributed by atoms with E-state index in [1.165, 1.54) is 12.1 Å². The van der Waals surface area contributed by atoms with Gasteiger partial charge in [-0.3, -0.25) is 9.72 Å². The normalized spacial score (nSPS) is 10.8. The zero-order valence-electron chi connectivity index (χ0n) is 15.5. The van der Waals surface area contributed by atoms with Crippen LogP contribution in [0.4, 0.5) is 20.7 Å². The molecular formula is C22H19FN4O. The van der Waals surface area contributed by atoms with E-state index < -0.39 is 0 Å². The Balaban J connectivity index is 1.71. The van der Waals surface area contributed by atoms with Crippen LogP contribution in [0.1, 0.15) is 11.1 Å². The van der Waals surface area contributed by atoms with Crippen molar-refractivity contribution in [2.45, 2.75) is 13.8 Å². The van der Waals surface area contributed by atoms with Gasteiger partial charge in [-0.1, -0.05) is 18.2 Å². The van der Waals surface area contributed by atoms with Crippen LogP contribution in [0.2, 0.25) is 0 Å². The third-order valence-corrected chi connectivity index (χ3v) is 4.73. The predicted molar refractivity (Wildman–Crippen MR) is 109 cm³/mol. The highest BCUT2D eigenvalue weighted by molar-refractivity contribution is 6.02. The molecule has 2 amide bonds. The highest BCUT2D eigenvalue weighted by atomic mass is 19.1. The Kier molecular flexibility index (Phi) is 4.53. The molecule has 4 rings (SSSR count). The second kappa shape index (κ2) is 7.15. The van der Waals surface area contributed by atoms with Crippen molar-refractivity contribution in [1.29, 1.82) is 0 Å². The Bertz CT molecular complexity index is 1170. The number of hydrogen-bond acceptors (Lipinski definition) is 2. The molecule has 2 aromatic heterocycles. The summed E-state index contributed by atoms with van der Waals surface area (Å²) in [6.45, 7) is 3.96. The SMILES string of the molecule is Cc1cccc(NC(=O)Nc2c(-c3ccc(F)cc3)nc3ccccn23)c1C. The smallest absolute Gasteiger partial charge is 0.307 e. The van der Waals surface area contributed by atoms with Gasteiger partial charge in [0.1, 0.15) is 23.0 Å². The van der Waals surface area contributed by atoms with Gasteiger partial charge in [0, 0.05) is 17.4 Å².